The molecule has 2 heterocycles. The number of carbonyl (C=O) groups is 3. The Bertz CT molecular complexity index is 1170. The van der Waals surface area contributed by atoms with E-state index < -0.39 is 29.2 Å². The lowest BCUT2D eigenvalue weighted by Gasteiger charge is -2.24. The fourth-order valence-corrected chi connectivity index (χ4v) is 5.29. The second kappa shape index (κ2) is 10.8. The topological polar surface area (TPSA) is 138 Å². The Hall–Kier alpha value is -3.54. The van der Waals surface area contributed by atoms with Gasteiger partial charge in [0.05, 0.1) is 25.1 Å². The SMILES string of the molecule is N=C(N)c1csc(CNC(=O)[C@@H]2C[C@]3(CN2C(=O)CNC(=O)CCCOc2ccccc2)CC3(F)F)c1. The van der Waals surface area contributed by atoms with E-state index >= 15 is 0 Å². The molecule has 2 aromatic rings. The number of carbonyl (C=O) groups excluding carboxylic acids is 3. The van der Waals surface area contributed by atoms with Crippen LogP contribution in [0.2, 0.25) is 0 Å². The third kappa shape index (κ3) is 6.24. The fraction of sp³-hybridized carbons (Fsp3) is 0.440. The van der Waals surface area contributed by atoms with Crippen LogP contribution < -0.4 is 21.1 Å². The molecule has 1 aliphatic heterocycles. The number of nitrogens with two attached hydrogens (primary N) is 1. The van der Waals surface area contributed by atoms with Crippen molar-refractivity contribution < 1.29 is 27.9 Å². The van der Waals surface area contributed by atoms with E-state index in [1.807, 2.05) is 18.2 Å². The van der Waals surface area contributed by atoms with E-state index in [4.69, 9.17) is 15.9 Å². The molecule has 1 aromatic heterocycles. The van der Waals surface area contributed by atoms with Gasteiger partial charge in [-0.2, -0.15) is 0 Å². The molecule has 3 amide bonds. The molecular weight excluding hydrogens is 504 g/mol. The lowest BCUT2D eigenvalue weighted by molar-refractivity contribution is -0.138. The second-order valence-electron chi connectivity index (χ2n) is 9.38. The number of likely N-dealkylation sites (tertiary alicyclic amines) is 1. The average molecular weight is 534 g/mol. The van der Waals surface area contributed by atoms with Gasteiger partial charge in [-0.1, -0.05) is 18.2 Å². The monoisotopic (exact) mass is 533 g/mol. The van der Waals surface area contributed by atoms with Crippen molar-refractivity contribution in [3.05, 3.63) is 52.2 Å². The van der Waals surface area contributed by atoms with E-state index in [0.29, 0.717) is 24.3 Å². The predicted molar refractivity (Wildman–Crippen MR) is 133 cm³/mol. The zero-order valence-corrected chi connectivity index (χ0v) is 20.9. The zero-order valence-electron chi connectivity index (χ0n) is 20.1. The molecule has 2 fully saturated rings. The fourth-order valence-electron chi connectivity index (χ4n) is 4.46. The van der Waals surface area contributed by atoms with Crippen LogP contribution in [-0.2, 0) is 20.9 Å². The number of alkyl halides is 2. The molecule has 9 nitrogen and oxygen atoms in total. The molecule has 198 valence electrons. The Morgan fingerprint density at radius 1 is 1.22 bits per heavy atom. The molecule has 4 rings (SSSR count). The number of nitrogen functional groups attached to an aromatic ring is 1. The van der Waals surface area contributed by atoms with Gasteiger partial charge in [0.25, 0.3) is 5.92 Å². The molecule has 5 N–H and O–H groups in total. The van der Waals surface area contributed by atoms with E-state index in [1.54, 1.807) is 23.6 Å². The summed E-state index contributed by atoms with van der Waals surface area (Å²) in [6, 6.07) is 9.78. The Balaban J connectivity index is 1.27. The number of rotatable bonds is 11. The Kier molecular flexibility index (Phi) is 7.76. The minimum atomic E-state index is -2.92. The molecule has 1 saturated heterocycles. The van der Waals surface area contributed by atoms with E-state index in [2.05, 4.69) is 10.6 Å². The third-order valence-corrected chi connectivity index (χ3v) is 7.60. The van der Waals surface area contributed by atoms with Crippen molar-refractivity contribution in [1.82, 2.24) is 15.5 Å². The average Bonchev–Trinajstić information content (AvgIpc) is 3.25. The van der Waals surface area contributed by atoms with Crippen LogP contribution >= 0.6 is 11.3 Å². The van der Waals surface area contributed by atoms with Crippen LogP contribution in [0, 0.1) is 10.8 Å². The smallest absolute Gasteiger partial charge is 0.256 e. The van der Waals surface area contributed by atoms with Gasteiger partial charge in [-0.15, -0.1) is 11.3 Å². The molecule has 2 atom stereocenters. The first kappa shape index (κ1) is 26.5. The van der Waals surface area contributed by atoms with Crippen LogP contribution in [0.25, 0.3) is 0 Å². The van der Waals surface area contributed by atoms with Gasteiger partial charge in [-0.3, -0.25) is 19.8 Å². The molecule has 1 saturated carbocycles. The van der Waals surface area contributed by atoms with E-state index in [0.717, 1.165) is 9.78 Å². The molecule has 0 bridgehead atoms. The maximum absolute atomic E-state index is 14.1. The lowest BCUT2D eigenvalue weighted by atomic mass is 10.0. The van der Waals surface area contributed by atoms with Gasteiger partial charge in [-0.05, 0) is 31.0 Å². The number of ether oxygens (including phenoxy) is 1. The van der Waals surface area contributed by atoms with Crippen LogP contribution in [-0.4, -0.2) is 60.1 Å². The summed E-state index contributed by atoms with van der Waals surface area (Å²) in [7, 11) is 0. The molecule has 0 radical (unpaired) electrons. The molecule has 2 aliphatic rings. The van der Waals surface area contributed by atoms with Crippen LogP contribution in [0.15, 0.2) is 41.8 Å². The van der Waals surface area contributed by atoms with Crippen molar-refractivity contribution in [3.63, 3.8) is 0 Å². The Labute approximate surface area is 216 Å². The minimum Gasteiger partial charge on any atom is -0.494 e. The van der Waals surface area contributed by atoms with Crippen LogP contribution in [0.4, 0.5) is 8.78 Å². The number of hydrogen-bond donors (Lipinski definition) is 4. The molecule has 12 heteroatoms. The summed E-state index contributed by atoms with van der Waals surface area (Å²) in [4.78, 5) is 39.9. The first-order valence-corrected chi connectivity index (χ1v) is 12.8. The Morgan fingerprint density at radius 3 is 2.59 bits per heavy atom. The van der Waals surface area contributed by atoms with Crippen LogP contribution in [0.1, 0.15) is 36.1 Å². The first-order chi connectivity index (χ1) is 17.6. The molecule has 1 aliphatic carbocycles. The normalized spacial score (nSPS) is 21.5. The highest BCUT2D eigenvalue weighted by atomic mass is 32.1. The third-order valence-electron chi connectivity index (χ3n) is 6.67. The number of hydrogen-bond acceptors (Lipinski definition) is 6. The first-order valence-electron chi connectivity index (χ1n) is 11.9. The van der Waals surface area contributed by atoms with Crippen molar-refractivity contribution in [2.45, 2.75) is 44.2 Å². The number of amidine groups is 1. The summed E-state index contributed by atoms with van der Waals surface area (Å²) < 4.78 is 33.8. The maximum Gasteiger partial charge on any atom is 0.256 e. The molecule has 1 spiro atoms. The van der Waals surface area contributed by atoms with Crippen LogP contribution in [0.3, 0.4) is 0 Å². The number of halogens is 2. The van der Waals surface area contributed by atoms with E-state index in [-0.39, 0.29) is 50.6 Å². The van der Waals surface area contributed by atoms with Gasteiger partial charge in [-0.25, -0.2) is 8.78 Å². The molecule has 1 aromatic carbocycles. The van der Waals surface area contributed by atoms with Gasteiger partial charge in [0, 0.05) is 35.2 Å². The summed E-state index contributed by atoms with van der Waals surface area (Å²) in [5, 5.41) is 14.4. The summed E-state index contributed by atoms with van der Waals surface area (Å²) in [6.45, 7) is -0.155. The van der Waals surface area contributed by atoms with Gasteiger partial charge in [0.15, 0.2) is 0 Å². The number of benzene rings is 1. The van der Waals surface area contributed by atoms with Gasteiger partial charge < -0.3 is 26.0 Å². The van der Waals surface area contributed by atoms with Gasteiger partial charge in [0.2, 0.25) is 17.7 Å². The van der Waals surface area contributed by atoms with Crippen molar-refractivity contribution in [3.8, 4) is 5.75 Å². The highest BCUT2D eigenvalue weighted by Crippen LogP contribution is 2.66. The summed E-state index contributed by atoms with van der Waals surface area (Å²) in [5.41, 5.74) is 4.59. The summed E-state index contributed by atoms with van der Waals surface area (Å²) in [6.07, 6.45) is 0.0713. The van der Waals surface area contributed by atoms with Crippen molar-refractivity contribution in [2.75, 3.05) is 19.7 Å². The number of thiophene rings is 1. The molecule has 37 heavy (non-hydrogen) atoms. The maximum atomic E-state index is 14.1. The number of amides is 3. The molecule has 0 unspecified atom stereocenters. The van der Waals surface area contributed by atoms with Crippen molar-refractivity contribution in [1.29, 1.82) is 5.41 Å². The second-order valence-corrected chi connectivity index (χ2v) is 10.4. The minimum absolute atomic E-state index is 0.0925. The highest BCUT2D eigenvalue weighted by molar-refractivity contribution is 7.10. The van der Waals surface area contributed by atoms with Crippen molar-refractivity contribution >= 4 is 34.9 Å². The quantitative estimate of drug-likeness (QED) is 0.199. The van der Waals surface area contributed by atoms with Crippen molar-refractivity contribution in [2.24, 2.45) is 11.1 Å². The number of nitrogens with zero attached hydrogens (tertiary/aromatic N) is 1. The highest BCUT2D eigenvalue weighted by Gasteiger charge is 2.75. The standard InChI is InChI=1S/C25H29F2N5O4S/c26-25(27)14-24(25)10-19(23(35)31-11-18-9-16(13-37-18)22(28)29)32(15-24)21(34)12-30-20(33)7-4-8-36-17-5-2-1-3-6-17/h1-3,5-6,9,13,19H,4,7-8,10-12,14-15H2,(H3,28,29)(H,30,33)(H,31,35)/t19-,24+/m0/s1. The van der Waals surface area contributed by atoms with E-state index in [1.165, 1.54) is 11.3 Å². The number of nitrogens with one attached hydrogen (secondary N) is 3. The van der Waals surface area contributed by atoms with Gasteiger partial charge >= 0.3 is 0 Å². The largest absolute Gasteiger partial charge is 0.494 e. The van der Waals surface area contributed by atoms with Crippen LogP contribution in [0.5, 0.6) is 5.75 Å². The predicted octanol–water partition coefficient (Wildman–Crippen LogP) is 2.25. The summed E-state index contributed by atoms with van der Waals surface area (Å²) >= 11 is 1.31. The molecular formula is C25H29F2N5O4S. The number of para-hydroxylation sites is 1. The van der Waals surface area contributed by atoms with E-state index in [9.17, 15) is 23.2 Å². The zero-order chi connectivity index (χ0) is 26.6. The lowest BCUT2D eigenvalue weighted by Crippen LogP contribution is -2.48. The Morgan fingerprint density at radius 2 is 1.95 bits per heavy atom. The summed E-state index contributed by atoms with van der Waals surface area (Å²) in [5.74, 6) is -3.80. The van der Waals surface area contributed by atoms with Gasteiger partial charge in [0.1, 0.15) is 17.6 Å².